The molecule has 0 bridgehead atoms. The van der Waals surface area contributed by atoms with Crippen molar-refractivity contribution in [1.82, 2.24) is 4.90 Å². The number of nitrogens with two attached hydrogens (primary N) is 1. The standard InChI is InChI=1S/C23H29N3O2S/c1-18-22(27)26(20-5-3-2-4-6-20)17-23(28-18)12-15-25(16-13-23)14-11-19-7-9-21(29-24)10-8-19/h2-10,18H,11-17,24H2,1H3. The van der Waals surface area contributed by atoms with Crippen molar-refractivity contribution >= 4 is 23.5 Å². The van der Waals surface area contributed by atoms with E-state index < -0.39 is 6.10 Å². The summed E-state index contributed by atoms with van der Waals surface area (Å²) in [5, 5.41) is 5.60. The van der Waals surface area contributed by atoms with E-state index in [1.54, 1.807) is 0 Å². The smallest absolute Gasteiger partial charge is 0.255 e. The molecule has 1 spiro atoms. The van der Waals surface area contributed by atoms with Gasteiger partial charge in [-0.3, -0.25) is 9.93 Å². The van der Waals surface area contributed by atoms with Gasteiger partial charge >= 0.3 is 0 Å². The highest BCUT2D eigenvalue weighted by atomic mass is 32.2. The molecule has 2 saturated heterocycles. The van der Waals surface area contributed by atoms with Crippen molar-refractivity contribution in [3.63, 3.8) is 0 Å². The number of likely N-dealkylation sites (tertiary alicyclic amines) is 1. The van der Waals surface area contributed by atoms with Crippen LogP contribution in [0.5, 0.6) is 0 Å². The number of carbonyl (C=O) groups excluding carboxylic acids is 1. The Kier molecular flexibility index (Phi) is 6.25. The van der Waals surface area contributed by atoms with Gasteiger partial charge < -0.3 is 14.5 Å². The van der Waals surface area contributed by atoms with Gasteiger partial charge in [0.25, 0.3) is 5.91 Å². The number of morpholine rings is 1. The first-order valence-corrected chi connectivity index (χ1v) is 11.2. The van der Waals surface area contributed by atoms with Crippen molar-refractivity contribution in [2.24, 2.45) is 5.14 Å². The predicted molar refractivity (Wildman–Crippen MR) is 118 cm³/mol. The first-order chi connectivity index (χ1) is 14.1. The van der Waals surface area contributed by atoms with E-state index in [1.165, 1.54) is 17.5 Å². The quantitative estimate of drug-likeness (QED) is 0.764. The van der Waals surface area contributed by atoms with Gasteiger partial charge in [-0.1, -0.05) is 30.3 Å². The maximum absolute atomic E-state index is 12.7. The fraction of sp³-hybridized carbons (Fsp3) is 0.435. The van der Waals surface area contributed by atoms with Gasteiger partial charge in [-0.15, -0.1) is 0 Å². The maximum Gasteiger partial charge on any atom is 0.255 e. The second kappa shape index (κ2) is 8.88. The van der Waals surface area contributed by atoms with Crippen molar-refractivity contribution in [1.29, 1.82) is 0 Å². The third-order valence-corrected chi connectivity index (χ3v) is 6.64. The summed E-state index contributed by atoms with van der Waals surface area (Å²) in [6, 6.07) is 18.4. The number of piperidine rings is 1. The molecule has 2 aromatic rings. The number of hydrogen-bond acceptors (Lipinski definition) is 5. The molecular weight excluding hydrogens is 382 g/mol. The van der Waals surface area contributed by atoms with Crippen LogP contribution in [0.1, 0.15) is 25.3 Å². The minimum atomic E-state index is -0.394. The average Bonchev–Trinajstić information content (AvgIpc) is 2.77. The average molecular weight is 412 g/mol. The summed E-state index contributed by atoms with van der Waals surface area (Å²) in [5.74, 6) is 0.0587. The van der Waals surface area contributed by atoms with Gasteiger partial charge in [0.1, 0.15) is 6.10 Å². The summed E-state index contributed by atoms with van der Waals surface area (Å²) in [4.78, 5) is 18.2. The molecular formula is C23H29N3O2S. The number of rotatable bonds is 5. The highest BCUT2D eigenvalue weighted by molar-refractivity contribution is 7.97. The number of para-hydroxylation sites is 1. The molecule has 154 valence electrons. The van der Waals surface area contributed by atoms with Crippen molar-refractivity contribution in [2.75, 3.05) is 31.1 Å². The Hall–Kier alpha value is -1.86. The molecule has 2 aromatic carbocycles. The van der Waals surface area contributed by atoms with Gasteiger partial charge in [0.05, 0.1) is 12.1 Å². The molecule has 1 atom stereocenters. The SMILES string of the molecule is CC1OC2(CCN(CCc3ccc(SN)cc3)CC2)CN(c2ccccc2)C1=O. The summed E-state index contributed by atoms with van der Waals surface area (Å²) in [6.45, 7) is 5.57. The molecule has 2 aliphatic rings. The minimum Gasteiger partial charge on any atom is -0.360 e. The number of hydrogen-bond donors (Lipinski definition) is 1. The van der Waals surface area contributed by atoms with Gasteiger partial charge in [0, 0.05) is 30.2 Å². The molecule has 0 aromatic heterocycles. The Morgan fingerprint density at radius 3 is 2.45 bits per heavy atom. The van der Waals surface area contributed by atoms with Crippen molar-refractivity contribution in [2.45, 2.75) is 42.8 Å². The Balaban J connectivity index is 1.35. The molecule has 0 aliphatic carbocycles. The third-order valence-electron chi connectivity index (χ3n) is 6.10. The molecule has 5 nitrogen and oxygen atoms in total. The van der Waals surface area contributed by atoms with Crippen LogP contribution in [0.15, 0.2) is 59.5 Å². The van der Waals surface area contributed by atoms with E-state index in [0.29, 0.717) is 6.54 Å². The second-order valence-electron chi connectivity index (χ2n) is 8.06. The number of carbonyl (C=O) groups is 1. The summed E-state index contributed by atoms with van der Waals surface area (Å²) in [5.41, 5.74) is 2.07. The third kappa shape index (κ3) is 4.67. The Morgan fingerprint density at radius 2 is 1.79 bits per heavy atom. The lowest BCUT2D eigenvalue weighted by atomic mass is 9.88. The zero-order valence-electron chi connectivity index (χ0n) is 16.9. The summed E-state index contributed by atoms with van der Waals surface area (Å²) in [6.07, 6.45) is 2.55. The molecule has 0 radical (unpaired) electrons. The molecule has 0 saturated carbocycles. The Morgan fingerprint density at radius 1 is 1.10 bits per heavy atom. The lowest BCUT2D eigenvalue weighted by Gasteiger charge is -2.49. The predicted octanol–water partition coefficient (Wildman–Crippen LogP) is 3.48. The van der Waals surface area contributed by atoms with Crippen LogP contribution < -0.4 is 10.0 Å². The monoisotopic (exact) mass is 411 g/mol. The molecule has 1 unspecified atom stereocenters. The van der Waals surface area contributed by atoms with Crippen molar-refractivity contribution in [3.05, 3.63) is 60.2 Å². The van der Waals surface area contributed by atoms with Crippen LogP contribution in [0.2, 0.25) is 0 Å². The van der Waals surface area contributed by atoms with Crippen LogP contribution in [-0.4, -0.2) is 48.7 Å². The molecule has 29 heavy (non-hydrogen) atoms. The van der Waals surface area contributed by atoms with Crippen LogP contribution in [0.3, 0.4) is 0 Å². The van der Waals surface area contributed by atoms with E-state index in [-0.39, 0.29) is 11.5 Å². The zero-order valence-corrected chi connectivity index (χ0v) is 17.7. The normalized spacial score (nSPS) is 22.2. The molecule has 4 rings (SSSR count). The first kappa shape index (κ1) is 20.4. The first-order valence-electron chi connectivity index (χ1n) is 10.3. The van der Waals surface area contributed by atoms with Crippen LogP contribution in [-0.2, 0) is 16.0 Å². The number of ether oxygens (including phenoxy) is 1. The lowest BCUT2D eigenvalue weighted by Crippen LogP contribution is -2.61. The Bertz CT molecular complexity index is 820. The highest BCUT2D eigenvalue weighted by Crippen LogP contribution is 2.35. The number of benzene rings is 2. The van der Waals surface area contributed by atoms with E-state index >= 15 is 0 Å². The minimum absolute atomic E-state index is 0.0587. The van der Waals surface area contributed by atoms with E-state index in [1.807, 2.05) is 42.2 Å². The second-order valence-corrected chi connectivity index (χ2v) is 8.76. The van der Waals surface area contributed by atoms with Gasteiger partial charge in [-0.25, -0.2) is 0 Å². The van der Waals surface area contributed by atoms with Crippen molar-refractivity contribution < 1.29 is 9.53 Å². The van der Waals surface area contributed by atoms with Gasteiger partial charge in [-0.2, -0.15) is 0 Å². The molecule has 2 heterocycles. The van der Waals surface area contributed by atoms with Crippen molar-refractivity contribution in [3.8, 4) is 0 Å². The number of amides is 1. The largest absolute Gasteiger partial charge is 0.360 e. The Labute approximate surface area is 177 Å². The van der Waals surface area contributed by atoms with Gasteiger partial charge in [-0.05, 0) is 68.0 Å². The summed E-state index contributed by atoms with van der Waals surface area (Å²) in [7, 11) is 0. The van der Waals surface area contributed by atoms with E-state index in [0.717, 1.165) is 49.5 Å². The van der Waals surface area contributed by atoms with E-state index in [4.69, 9.17) is 9.88 Å². The maximum atomic E-state index is 12.7. The summed E-state index contributed by atoms with van der Waals surface area (Å²) < 4.78 is 6.28. The molecule has 6 heteroatoms. The number of nitrogens with zero attached hydrogens (tertiary/aromatic N) is 2. The molecule has 1 amide bonds. The van der Waals surface area contributed by atoms with Gasteiger partial charge in [0.2, 0.25) is 0 Å². The topological polar surface area (TPSA) is 58.8 Å². The van der Waals surface area contributed by atoms with Gasteiger partial charge in [0.15, 0.2) is 0 Å². The van der Waals surface area contributed by atoms with Crippen LogP contribution >= 0.6 is 11.9 Å². The van der Waals surface area contributed by atoms with Crippen LogP contribution in [0.4, 0.5) is 5.69 Å². The zero-order chi connectivity index (χ0) is 20.3. The lowest BCUT2D eigenvalue weighted by molar-refractivity contribution is -0.161. The fourth-order valence-corrected chi connectivity index (χ4v) is 4.65. The molecule has 2 fully saturated rings. The highest BCUT2D eigenvalue weighted by Gasteiger charge is 2.45. The van der Waals surface area contributed by atoms with E-state index in [9.17, 15) is 4.79 Å². The van der Waals surface area contributed by atoms with Crippen LogP contribution in [0, 0.1) is 0 Å². The number of anilines is 1. The fourth-order valence-electron chi connectivity index (χ4n) is 4.36. The summed E-state index contributed by atoms with van der Waals surface area (Å²) >= 11 is 1.28. The molecule has 2 N–H and O–H groups in total. The van der Waals surface area contributed by atoms with E-state index in [2.05, 4.69) is 29.2 Å². The van der Waals surface area contributed by atoms with Crippen LogP contribution in [0.25, 0.3) is 0 Å². The molecule has 2 aliphatic heterocycles.